The zero-order valence-corrected chi connectivity index (χ0v) is 20.4. The first-order chi connectivity index (χ1) is 15.8. The fourth-order valence-electron chi connectivity index (χ4n) is 5.07. The van der Waals surface area contributed by atoms with E-state index in [-0.39, 0.29) is 28.7 Å². The van der Waals surface area contributed by atoms with E-state index in [9.17, 15) is 18.0 Å². The van der Waals surface area contributed by atoms with Crippen LogP contribution in [-0.4, -0.2) is 49.8 Å². The second-order valence-corrected chi connectivity index (χ2v) is 11.4. The van der Waals surface area contributed by atoms with Gasteiger partial charge in [-0.15, -0.1) is 0 Å². The van der Waals surface area contributed by atoms with Gasteiger partial charge in [0, 0.05) is 31.1 Å². The third-order valence-electron chi connectivity index (χ3n) is 7.11. The van der Waals surface area contributed by atoms with Crippen molar-refractivity contribution in [3.8, 4) is 5.75 Å². The number of ether oxygens (including phenoxy) is 1. The first-order valence-electron chi connectivity index (χ1n) is 12.2. The van der Waals surface area contributed by atoms with E-state index in [0.29, 0.717) is 49.4 Å². The summed E-state index contributed by atoms with van der Waals surface area (Å²) in [6.45, 7) is 4.20. The fraction of sp³-hybridized carbons (Fsp3) is 0.667. The molecule has 1 aromatic carbocycles. The molecule has 4 rings (SSSR count). The normalized spacial score (nSPS) is 23.2. The molecule has 2 aliphatic heterocycles. The topological polar surface area (TPSA) is 105 Å². The summed E-state index contributed by atoms with van der Waals surface area (Å²) in [5.74, 6) is 0.0827. The van der Waals surface area contributed by atoms with Crippen molar-refractivity contribution in [1.82, 2.24) is 9.62 Å². The van der Waals surface area contributed by atoms with Crippen molar-refractivity contribution in [2.24, 2.45) is 5.92 Å². The van der Waals surface area contributed by atoms with E-state index in [4.69, 9.17) is 4.74 Å². The number of sulfonamides is 1. The molecule has 0 unspecified atom stereocenters. The lowest BCUT2D eigenvalue weighted by Crippen LogP contribution is -2.45. The number of hydrogen-bond donors (Lipinski definition) is 2. The molecule has 1 atom stereocenters. The number of benzene rings is 1. The van der Waals surface area contributed by atoms with Crippen molar-refractivity contribution in [2.45, 2.75) is 88.7 Å². The summed E-state index contributed by atoms with van der Waals surface area (Å²) in [6, 6.07) is 3.43. The molecule has 2 N–H and O–H groups in total. The van der Waals surface area contributed by atoms with Gasteiger partial charge < -0.3 is 15.4 Å². The molecule has 0 radical (unpaired) electrons. The number of amides is 2. The summed E-state index contributed by atoms with van der Waals surface area (Å²) in [5.41, 5.74) is 1.05. The van der Waals surface area contributed by atoms with E-state index in [1.807, 2.05) is 6.92 Å². The summed E-state index contributed by atoms with van der Waals surface area (Å²) < 4.78 is 34.1. The number of rotatable bonds is 5. The Hall–Kier alpha value is -2.13. The maximum atomic E-state index is 13.4. The molecule has 8 nitrogen and oxygen atoms in total. The molecule has 2 fully saturated rings. The third-order valence-corrected chi connectivity index (χ3v) is 9.15. The second-order valence-electron chi connectivity index (χ2n) is 9.49. The molecule has 2 heterocycles. The second kappa shape index (κ2) is 10.0. The summed E-state index contributed by atoms with van der Waals surface area (Å²) in [5, 5.41) is 6.01. The van der Waals surface area contributed by atoms with Gasteiger partial charge in [0.05, 0.1) is 10.6 Å². The average molecular weight is 478 g/mol. The SMILES string of the molecule is CC[C@@H]1Oc2cc(S(=O)(=O)N3CCC(C(=O)NC4CCCCCC4)CC3)c(C)cc2NC1=O. The molecule has 3 aliphatic rings. The Balaban J connectivity index is 1.42. The number of aryl methyl sites for hydroxylation is 1. The van der Waals surface area contributed by atoms with Gasteiger partial charge >= 0.3 is 0 Å². The Morgan fingerprint density at radius 1 is 1.12 bits per heavy atom. The van der Waals surface area contributed by atoms with E-state index in [1.165, 1.54) is 23.2 Å². The molecule has 1 saturated carbocycles. The number of nitrogens with zero attached hydrogens (tertiary/aromatic N) is 1. The zero-order valence-electron chi connectivity index (χ0n) is 19.6. The van der Waals surface area contributed by atoms with Crippen LogP contribution in [0.5, 0.6) is 5.75 Å². The van der Waals surface area contributed by atoms with Gasteiger partial charge in [-0.25, -0.2) is 8.42 Å². The van der Waals surface area contributed by atoms with E-state index in [2.05, 4.69) is 10.6 Å². The number of fused-ring (bicyclic) bond motifs is 1. The minimum Gasteiger partial charge on any atom is -0.478 e. The number of hydrogen-bond acceptors (Lipinski definition) is 5. The smallest absolute Gasteiger partial charge is 0.265 e. The standard InChI is InChI=1S/C24H35N3O5S/c1-3-20-24(29)26-19-14-16(2)22(15-21(19)32-20)33(30,31)27-12-10-17(11-13-27)23(28)25-18-8-6-4-5-7-9-18/h14-15,17-18,20H,3-13H2,1-2H3,(H,25,28)(H,26,29)/t20-/m0/s1. The average Bonchev–Trinajstić information content (AvgIpc) is 3.07. The fourth-order valence-corrected chi connectivity index (χ4v) is 6.76. The highest BCUT2D eigenvalue weighted by Crippen LogP contribution is 2.36. The summed E-state index contributed by atoms with van der Waals surface area (Å²) in [4.78, 5) is 25.0. The first kappa shape index (κ1) is 24.0. The zero-order chi connectivity index (χ0) is 23.6. The van der Waals surface area contributed by atoms with Gasteiger partial charge in [-0.1, -0.05) is 32.6 Å². The molecule has 0 aromatic heterocycles. The molecular weight excluding hydrogens is 442 g/mol. The van der Waals surface area contributed by atoms with Crippen LogP contribution in [0, 0.1) is 12.8 Å². The molecule has 2 amide bonds. The van der Waals surface area contributed by atoms with Gasteiger partial charge in [0.2, 0.25) is 15.9 Å². The van der Waals surface area contributed by atoms with Crippen LogP contribution >= 0.6 is 0 Å². The lowest BCUT2D eigenvalue weighted by Gasteiger charge is -2.32. The van der Waals surface area contributed by atoms with E-state index in [0.717, 1.165) is 25.7 Å². The van der Waals surface area contributed by atoms with Gasteiger partial charge in [-0.05, 0) is 50.7 Å². The maximum absolute atomic E-state index is 13.4. The van der Waals surface area contributed by atoms with Gasteiger partial charge in [-0.2, -0.15) is 4.31 Å². The highest BCUT2D eigenvalue weighted by molar-refractivity contribution is 7.89. The number of anilines is 1. The number of carbonyl (C=O) groups is 2. The highest BCUT2D eigenvalue weighted by Gasteiger charge is 2.35. The number of carbonyl (C=O) groups excluding carboxylic acids is 2. The van der Waals surface area contributed by atoms with Crippen LogP contribution in [0.25, 0.3) is 0 Å². The lowest BCUT2D eigenvalue weighted by molar-refractivity contribution is -0.127. The molecule has 1 saturated heterocycles. The van der Waals surface area contributed by atoms with Crippen molar-refractivity contribution in [3.05, 3.63) is 17.7 Å². The van der Waals surface area contributed by atoms with Crippen LogP contribution in [0.4, 0.5) is 5.69 Å². The van der Waals surface area contributed by atoms with Gasteiger partial charge in [-0.3, -0.25) is 9.59 Å². The minimum absolute atomic E-state index is 0.0682. The summed E-state index contributed by atoms with van der Waals surface area (Å²) in [7, 11) is -3.74. The molecule has 1 aromatic rings. The lowest BCUT2D eigenvalue weighted by atomic mass is 9.96. The van der Waals surface area contributed by atoms with Crippen molar-refractivity contribution in [1.29, 1.82) is 0 Å². The Kier molecular flexibility index (Phi) is 7.28. The predicted octanol–water partition coefficient (Wildman–Crippen LogP) is 3.34. The Morgan fingerprint density at radius 3 is 2.42 bits per heavy atom. The van der Waals surface area contributed by atoms with E-state index >= 15 is 0 Å². The Bertz CT molecular complexity index is 994. The molecule has 9 heteroatoms. The van der Waals surface area contributed by atoms with Crippen LogP contribution in [0.1, 0.15) is 70.3 Å². The molecular formula is C24H35N3O5S. The summed E-state index contributed by atoms with van der Waals surface area (Å²) >= 11 is 0. The molecule has 0 bridgehead atoms. The van der Waals surface area contributed by atoms with Crippen molar-refractivity contribution in [2.75, 3.05) is 18.4 Å². The van der Waals surface area contributed by atoms with Gasteiger partial charge in [0.1, 0.15) is 5.75 Å². The molecule has 0 spiro atoms. The van der Waals surface area contributed by atoms with Crippen LogP contribution in [-0.2, 0) is 19.6 Å². The van der Waals surface area contributed by atoms with Crippen LogP contribution in [0.15, 0.2) is 17.0 Å². The monoisotopic (exact) mass is 477 g/mol. The molecule has 33 heavy (non-hydrogen) atoms. The Morgan fingerprint density at radius 2 is 1.79 bits per heavy atom. The largest absolute Gasteiger partial charge is 0.478 e. The van der Waals surface area contributed by atoms with Crippen molar-refractivity contribution < 1.29 is 22.7 Å². The van der Waals surface area contributed by atoms with E-state index < -0.39 is 16.1 Å². The summed E-state index contributed by atoms with van der Waals surface area (Å²) in [6.07, 6.45) is 7.79. The Labute approximate surface area is 196 Å². The first-order valence-corrected chi connectivity index (χ1v) is 13.7. The highest BCUT2D eigenvalue weighted by atomic mass is 32.2. The minimum atomic E-state index is -3.74. The third kappa shape index (κ3) is 5.19. The van der Waals surface area contributed by atoms with Crippen LogP contribution < -0.4 is 15.4 Å². The maximum Gasteiger partial charge on any atom is 0.265 e. The number of nitrogens with one attached hydrogen (secondary N) is 2. The van der Waals surface area contributed by atoms with Crippen LogP contribution in [0.2, 0.25) is 0 Å². The molecule has 1 aliphatic carbocycles. The van der Waals surface area contributed by atoms with Crippen molar-refractivity contribution in [3.63, 3.8) is 0 Å². The molecule has 182 valence electrons. The quantitative estimate of drug-likeness (QED) is 0.633. The van der Waals surface area contributed by atoms with Crippen molar-refractivity contribution >= 4 is 27.5 Å². The van der Waals surface area contributed by atoms with E-state index in [1.54, 1.807) is 13.0 Å². The van der Waals surface area contributed by atoms with Gasteiger partial charge in [0.25, 0.3) is 5.91 Å². The van der Waals surface area contributed by atoms with Crippen LogP contribution in [0.3, 0.4) is 0 Å². The number of piperidine rings is 1. The predicted molar refractivity (Wildman–Crippen MR) is 126 cm³/mol. The van der Waals surface area contributed by atoms with Gasteiger partial charge in [0.15, 0.2) is 6.10 Å².